The number of hydrogen-bond donors (Lipinski definition) is 3. The summed E-state index contributed by atoms with van der Waals surface area (Å²) in [5.74, 6) is -0.534. The third kappa shape index (κ3) is 4.99. The minimum absolute atomic E-state index is 0.0735. The Hall–Kier alpha value is -3.11. The first-order chi connectivity index (χ1) is 13.2. The van der Waals surface area contributed by atoms with Gasteiger partial charge in [-0.1, -0.05) is 0 Å². The van der Waals surface area contributed by atoms with Gasteiger partial charge in [0.15, 0.2) is 11.5 Å². The van der Waals surface area contributed by atoms with Gasteiger partial charge >= 0.3 is 0 Å². The molecule has 0 saturated carbocycles. The minimum atomic E-state index is -3.98. The van der Waals surface area contributed by atoms with Crippen LogP contribution in [0.15, 0.2) is 47.4 Å². The molecule has 0 aromatic heterocycles. The van der Waals surface area contributed by atoms with Crippen molar-refractivity contribution in [2.75, 3.05) is 19.5 Å². The lowest BCUT2D eigenvalue weighted by molar-refractivity contribution is -0.117. The Labute approximate surface area is 162 Å². The molecule has 0 unspecified atom stereocenters. The molecule has 2 aromatic carbocycles. The average molecular weight is 407 g/mol. The third-order valence-corrected chi connectivity index (χ3v) is 5.37. The zero-order chi connectivity index (χ0) is 20.9. The number of anilines is 1. The monoisotopic (exact) mass is 407 g/mol. The fourth-order valence-corrected chi connectivity index (χ4v) is 3.52. The van der Waals surface area contributed by atoms with Crippen LogP contribution >= 0.6 is 0 Å². The fourth-order valence-electron chi connectivity index (χ4n) is 2.31. The maximum absolute atomic E-state index is 12.5. The van der Waals surface area contributed by atoms with E-state index in [1.807, 2.05) is 0 Å². The quantitative estimate of drug-likeness (QED) is 0.599. The zero-order valence-corrected chi connectivity index (χ0v) is 16.4. The van der Waals surface area contributed by atoms with Gasteiger partial charge in [-0.2, -0.15) is 4.72 Å². The Bertz CT molecular complexity index is 973. The van der Waals surface area contributed by atoms with Crippen molar-refractivity contribution in [2.24, 2.45) is 5.73 Å². The standard InChI is InChI=1S/C18H21N3O6S/c1-11(18(23)20-13-6-4-12(5-7-13)17(19)22)21-28(24,25)14-8-9-15(26-2)16(10-14)27-3/h4-11,21H,1-3H3,(H2,19,22)(H,20,23)/t11-/m1/s1. The van der Waals surface area contributed by atoms with Crippen LogP contribution < -0.4 is 25.2 Å². The first kappa shape index (κ1) is 21.2. The SMILES string of the molecule is COc1ccc(S(=O)(=O)N[C@H](C)C(=O)Nc2ccc(C(N)=O)cc2)cc1OC. The highest BCUT2D eigenvalue weighted by Gasteiger charge is 2.23. The second-order valence-electron chi connectivity index (χ2n) is 5.79. The number of carbonyl (C=O) groups is 2. The molecule has 0 aliphatic heterocycles. The van der Waals surface area contributed by atoms with E-state index in [1.165, 1.54) is 63.6 Å². The lowest BCUT2D eigenvalue weighted by Crippen LogP contribution is -2.41. The van der Waals surface area contributed by atoms with Gasteiger partial charge in [0, 0.05) is 17.3 Å². The second kappa shape index (κ2) is 8.72. The first-order valence-corrected chi connectivity index (χ1v) is 9.61. The number of amides is 2. The number of ether oxygens (including phenoxy) is 2. The normalized spacial score (nSPS) is 12.1. The number of nitrogens with one attached hydrogen (secondary N) is 2. The van der Waals surface area contributed by atoms with Crippen molar-refractivity contribution in [2.45, 2.75) is 17.9 Å². The zero-order valence-electron chi connectivity index (χ0n) is 15.6. The molecule has 9 nitrogen and oxygen atoms in total. The van der Waals surface area contributed by atoms with Gasteiger partial charge < -0.3 is 20.5 Å². The van der Waals surface area contributed by atoms with Gasteiger partial charge in [-0.25, -0.2) is 8.42 Å². The minimum Gasteiger partial charge on any atom is -0.493 e. The van der Waals surface area contributed by atoms with Crippen LogP contribution in [0.3, 0.4) is 0 Å². The molecule has 0 aliphatic rings. The van der Waals surface area contributed by atoms with Gasteiger partial charge in [0.1, 0.15) is 0 Å². The Morgan fingerprint density at radius 2 is 1.61 bits per heavy atom. The van der Waals surface area contributed by atoms with E-state index in [2.05, 4.69) is 10.0 Å². The topological polar surface area (TPSA) is 137 Å². The van der Waals surface area contributed by atoms with E-state index in [0.717, 1.165) is 0 Å². The van der Waals surface area contributed by atoms with Crippen LogP contribution in [0.4, 0.5) is 5.69 Å². The Kier molecular flexibility index (Phi) is 6.60. The molecule has 0 fully saturated rings. The molecule has 0 saturated heterocycles. The van der Waals surface area contributed by atoms with Gasteiger partial charge in [-0.15, -0.1) is 0 Å². The molecule has 0 aliphatic carbocycles. The van der Waals surface area contributed by atoms with Crippen LogP contribution in [0.1, 0.15) is 17.3 Å². The predicted octanol–water partition coefficient (Wildman–Crippen LogP) is 1.11. The number of benzene rings is 2. The van der Waals surface area contributed by atoms with E-state index in [-0.39, 0.29) is 10.6 Å². The largest absolute Gasteiger partial charge is 0.493 e. The lowest BCUT2D eigenvalue weighted by Gasteiger charge is -2.15. The highest BCUT2D eigenvalue weighted by Crippen LogP contribution is 2.29. The van der Waals surface area contributed by atoms with E-state index in [0.29, 0.717) is 17.0 Å². The van der Waals surface area contributed by atoms with Crippen LogP contribution in [0, 0.1) is 0 Å². The number of hydrogen-bond acceptors (Lipinski definition) is 6. The Morgan fingerprint density at radius 3 is 2.14 bits per heavy atom. The van der Waals surface area contributed by atoms with Gasteiger partial charge in [-0.3, -0.25) is 9.59 Å². The van der Waals surface area contributed by atoms with Crippen molar-refractivity contribution in [3.8, 4) is 11.5 Å². The molecule has 2 aromatic rings. The smallest absolute Gasteiger partial charge is 0.248 e. The van der Waals surface area contributed by atoms with Crippen molar-refractivity contribution < 1.29 is 27.5 Å². The van der Waals surface area contributed by atoms with Crippen LogP contribution in [0.2, 0.25) is 0 Å². The van der Waals surface area contributed by atoms with E-state index < -0.39 is 27.9 Å². The molecule has 28 heavy (non-hydrogen) atoms. The van der Waals surface area contributed by atoms with Crippen molar-refractivity contribution >= 4 is 27.5 Å². The molecule has 10 heteroatoms. The summed E-state index contributed by atoms with van der Waals surface area (Å²) in [4.78, 5) is 23.3. The summed E-state index contributed by atoms with van der Waals surface area (Å²) in [5.41, 5.74) is 5.84. The number of nitrogens with two attached hydrogens (primary N) is 1. The summed E-state index contributed by atoms with van der Waals surface area (Å²) >= 11 is 0. The summed E-state index contributed by atoms with van der Waals surface area (Å²) in [6.45, 7) is 1.41. The number of primary amides is 1. The summed E-state index contributed by atoms with van der Waals surface area (Å²) in [6.07, 6.45) is 0. The number of carbonyl (C=O) groups excluding carboxylic acids is 2. The molecule has 2 rings (SSSR count). The maximum atomic E-state index is 12.5. The van der Waals surface area contributed by atoms with Crippen LogP contribution in [-0.4, -0.2) is 40.5 Å². The molecule has 0 bridgehead atoms. The summed E-state index contributed by atoms with van der Waals surface area (Å²) < 4.78 is 37.6. The lowest BCUT2D eigenvalue weighted by atomic mass is 10.2. The number of methoxy groups -OCH3 is 2. The van der Waals surface area contributed by atoms with Gasteiger partial charge in [0.2, 0.25) is 21.8 Å². The molecule has 0 radical (unpaired) electrons. The molecular weight excluding hydrogens is 386 g/mol. The molecule has 1 atom stereocenters. The highest BCUT2D eigenvalue weighted by molar-refractivity contribution is 7.89. The van der Waals surface area contributed by atoms with Crippen molar-refractivity contribution in [1.82, 2.24) is 4.72 Å². The number of rotatable bonds is 8. The number of sulfonamides is 1. The third-order valence-electron chi connectivity index (χ3n) is 3.83. The van der Waals surface area contributed by atoms with E-state index in [4.69, 9.17) is 15.2 Å². The molecule has 4 N–H and O–H groups in total. The molecular formula is C18H21N3O6S. The van der Waals surface area contributed by atoms with Crippen LogP contribution in [0.5, 0.6) is 11.5 Å². The van der Waals surface area contributed by atoms with Gasteiger partial charge in [0.05, 0.1) is 25.2 Å². The van der Waals surface area contributed by atoms with Crippen molar-refractivity contribution in [1.29, 1.82) is 0 Å². The molecule has 150 valence electrons. The second-order valence-corrected chi connectivity index (χ2v) is 7.50. The van der Waals surface area contributed by atoms with Crippen molar-refractivity contribution in [3.05, 3.63) is 48.0 Å². The first-order valence-electron chi connectivity index (χ1n) is 8.13. The average Bonchev–Trinajstić information content (AvgIpc) is 2.67. The highest BCUT2D eigenvalue weighted by atomic mass is 32.2. The molecule has 0 heterocycles. The molecule has 2 amide bonds. The van der Waals surface area contributed by atoms with E-state index in [9.17, 15) is 18.0 Å². The summed E-state index contributed by atoms with van der Waals surface area (Å²) in [5, 5.41) is 2.56. The predicted molar refractivity (Wildman–Crippen MR) is 103 cm³/mol. The maximum Gasteiger partial charge on any atom is 0.248 e. The summed E-state index contributed by atoms with van der Waals surface area (Å²) in [7, 11) is -1.15. The van der Waals surface area contributed by atoms with E-state index in [1.54, 1.807) is 0 Å². The Morgan fingerprint density at radius 1 is 1.00 bits per heavy atom. The summed E-state index contributed by atoms with van der Waals surface area (Å²) in [6, 6.07) is 8.94. The molecule has 0 spiro atoms. The van der Waals surface area contributed by atoms with E-state index >= 15 is 0 Å². The Balaban J connectivity index is 2.10. The van der Waals surface area contributed by atoms with Crippen molar-refractivity contribution in [3.63, 3.8) is 0 Å². The van der Waals surface area contributed by atoms with Crippen LogP contribution in [-0.2, 0) is 14.8 Å². The fraction of sp³-hybridized carbons (Fsp3) is 0.222. The van der Waals surface area contributed by atoms with Crippen LogP contribution in [0.25, 0.3) is 0 Å². The van der Waals surface area contributed by atoms with Gasteiger partial charge in [0.25, 0.3) is 0 Å². The van der Waals surface area contributed by atoms with Gasteiger partial charge in [-0.05, 0) is 43.3 Å².